The third kappa shape index (κ3) is 3.64. The maximum absolute atomic E-state index is 13.0. The minimum absolute atomic E-state index is 0.627. The van der Waals surface area contributed by atoms with Crippen LogP contribution in [-0.4, -0.2) is 29.3 Å². The van der Waals surface area contributed by atoms with Crippen molar-refractivity contribution in [2.45, 2.75) is 31.6 Å². The Morgan fingerprint density at radius 2 is 1.71 bits per heavy atom. The van der Waals surface area contributed by atoms with Crippen molar-refractivity contribution in [2.75, 3.05) is 0 Å². The molecule has 100 valence electrons. The van der Waals surface area contributed by atoms with Crippen LogP contribution in [0, 0.1) is 5.92 Å². The average Bonchev–Trinajstić information content (AvgIpc) is 2.14. The standard InChI is InChI=1S/C9H10F6O2/c1-4(3-5(2)7(16)17)6(10)8(11,12)9(13,14)15/h4,6H,2-3H2,1H3,(H,16,17). The van der Waals surface area contributed by atoms with E-state index in [-0.39, 0.29) is 0 Å². The Labute approximate surface area is 92.9 Å². The number of aliphatic carboxylic acids is 1. The van der Waals surface area contributed by atoms with Gasteiger partial charge in [0.1, 0.15) is 0 Å². The molecule has 0 aliphatic rings. The maximum atomic E-state index is 13.0. The van der Waals surface area contributed by atoms with Gasteiger partial charge in [-0.1, -0.05) is 13.5 Å². The molecule has 0 radical (unpaired) electrons. The van der Waals surface area contributed by atoms with E-state index in [0.717, 1.165) is 6.92 Å². The number of hydrogen-bond donors (Lipinski definition) is 1. The Balaban J connectivity index is 4.77. The Kier molecular flexibility index (Phi) is 4.62. The van der Waals surface area contributed by atoms with Crippen molar-refractivity contribution in [1.29, 1.82) is 0 Å². The highest BCUT2D eigenvalue weighted by Crippen LogP contribution is 2.42. The molecule has 0 saturated carbocycles. The highest BCUT2D eigenvalue weighted by molar-refractivity contribution is 5.85. The van der Waals surface area contributed by atoms with E-state index in [1.54, 1.807) is 0 Å². The highest BCUT2D eigenvalue weighted by atomic mass is 19.4. The molecule has 0 saturated heterocycles. The molecule has 1 N–H and O–H groups in total. The van der Waals surface area contributed by atoms with Crippen LogP contribution in [0.3, 0.4) is 0 Å². The maximum Gasteiger partial charge on any atom is 0.456 e. The van der Waals surface area contributed by atoms with Gasteiger partial charge in [0.15, 0.2) is 6.17 Å². The van der Waals surface area contributed by atoms with Crippen LogP contribution < -0.4 is 0 Å². The van der Waals surface area contributed by atoms with Crippen LogP contribution in [-0.2, 0) is 4.79 Å². The Bertz CT molecular complexity index is 309. The molecular formula is C9H10F6O2. The molecule has 0 fully saturated rings. The van der Waals surface area contributed by atoms with Gasteiger partial charge in [-0.2, -0.15) is 22.0 Å². The zero-order valence-corrected chi connectivity index (χ0v) is 8.69. The molecule has 2 nitrogen and oxygen atoms in total. The first-order valence-electron chi connectivity index (χ1n) is 4.41. The lowest BCUT2D eigenvalue weighted by molar-refractivity contribution is -0.308. The Hall–Kier alpha value is -1.21. The van der Waals surface area contributed by atoms with Crippen LogP contribution in [0.5, 0.6) is 0 Å². The van der Waals surface area contributed by atoms with Crippen molar-refractivity contribution in [3.63, 3.8) is 0 Å². The van der Waals surface area contributed by atoms with Gasteiger partial charge in [0.25, 0.3) is 0 Å². The zero-order valence-electron chi connectivity index (χ0n) is 8.69. The zero-order chi connectivity index (χ0) is 14.0. The topological polar surface area (TPSA) is 37.3 Å². The van der Waals surface area contributed by atoms with Crippen molar-refractivity contribution in [1.82, 2.24) is 0 Å². The third-order valence-corrected chi connectivity index (χ3v) is 2.09. The van der Waals surface area contributed by atoms with Crippen molar-refractivity contribution >= 4 is 5.97 Å². The minimum Gasteiger partial charge on any atom is -0.478 e. The lowest BCUT2D eigenvalue weighted by Gasteiger charge is -2.27. The van der Waals surface area contributed by atoms with Gasteiger partial charge in [0.05, 0.1) is 0 Å². The summed E-state index contributed by atoms with van der Waals surface area (Å²) in [6.45, 7) is 3.69. The summed E-state index contributed by atoms with van der Waals surface area (Å²) in [7, 11) is 0. The van der Waals surface area contributed by atoms with E-state index in [0.29, 0.717) is 0 Å². The van der Waals surface area contributed by atoms with Crippen molar-refractivity contribution in [3.8, 4) is 0 Å². The van der Waals surface area contributed by atoms with Crippen LogP contribution in [0.25, 0.3) is 0 Å². The monoisotopic (exact) mass is 264 g/mol. The molecule has 17 heavy (non-hydrogen) atoms. The smallest absolute Gasteiger partial charge is 0.456 e. The number of carbonyl (C=O) groups is 1. The fraction of sp³-hybridized carbons (Fsp3) is 0.667. The van der Waals surface area contributed by atoms with Crippen molar-refractivity contribution in [3.05, 3.63) is 12.2 Å². The first-order valence-corrected chi connectivity index (χ1v) is 4.41. The van der Waals surface area contributed by atoms with E-state index < -0.39 is 42.2 Å². The van der Waals surface area contributed by atoms with Crippen molar-refractivity contribution < 1.29 is 36.2 Å². The van der Waals surface area contributed by atoms with Crippen molar-refractivity contribution in [2.24, 2.45) is 5.92 Å². The van der Waals surface area contributed by atoms with Crippen LogP contribution in [0.4, 0.5) is 26.3 Å². The summed E-state index contributed by atoms with van der Waals surface area (Å²) in [6.07, 6.45) is -10.3. The van der Waals surface area contributed by atoms with Gasteiger partial charge in [-0.3, -0.25) is 0 Å². The number of rotatable bonds is 5. The summed E-state index contributed by atoms with van der Waals surface area (Å²) in [5, 5.41) is 8.34. The lowest BCUT2D eigenvalue weighted by Crippen LogP contribution is -2.47. The van der Waals surface area contributed by atoms with Crippen LogP contribution >= 0.6 is 0 Å². The van der Waals surface area contributed by atoms with Gasteiger partial charge in [-0.25, -0.2) is 9.18 Å². The normalized spacial score (nSPS) is 16.4. The Morgan fingerprint density at radius 3 is 2.00 bits per heavy atom. The second-order valence-corrected chi connectivity index (χ2v) is 3.61. The quantitative estimate of drug-likeness (QED) is 0.611. The first kappa shape index (κ1) is 15.8. The summed E-state index contributed by atoms with van der Waals surface area (Å²) in [5.74, 6) is -8.89. The van der Waals surface area contributed by atoms with Crippen LogP contribution in [0.2, 0.25) is 0 Å². The molecule has 0 aromatic heterocycles. The molecular weight excluding hydrogens is 254 g/mol. The van der Waals surface area contributed by atoms with Crippen LogP contribution in [0.1, 0.15) is 13.3 Å². The number of halogens is 6. The molecule has 2 atom stereocenters. The summed E-state index contributed by atoms with van der Waals surface area (Å²) >= 11 is 0. The number of carboxylic acids is 1. The second-order valence-electron chi connectivity index (χ2n) is 3.61. The van der Waals surface area contributed by atoms with E-state index in [1.165, 1.54) is 0 Å². The predicted molar refractivity (Wildman–Crippen MR) is 46.5 cm³/mol. The van der Waals surface area contributed by atoms with Gasteiger partial charge < -0.3 is 5.11 Å². The highest BCUT2D eigenvalue weighted by Gasteiger charge is 2.64. The van der Waals surface area contributed by atoms with Gasteiger partial charge in [0.2, 0.25) is 0 Å². The largest absolute Gasteiger partial charge is 0.478 e. The molecule has 2 unspecified atom stereocenters. The van der Waals surface area contributed by atoms with E-state index in [2.05, 4.69) is 6.58 Å². The third-order valence-electron chi connectivity index (χ3n) is 2.09. The summed E-state index contributed by atoms with van der Waals surface area (Å²) in [4.78, 5) is 10.3. The molecule has 0 aliphatic carbocycles. The van der Waals surface area contributed by atoms with Gasteiger partial charge in [-0.15, -0.1) is 0 Å². The molecule has 0 aromatic carbocycles. The molecule has 0 spiro atoms. The number of alkyl halides is 6. The number of hydrogen-bond acceptors (Lipinski definition) is 1. The lowest BCUT2D eigenvalue weighted by atomic mass is 9.93. The van der Waals surface area contributed by atoms with Crippen LogP contribution in [0.15, 0.2) is 12.2 Å². The second kappa shape index (κ2) is 4.97. The minimum atomic E-state index is -6.01. The summed E-state index contributed by atoms with van der Waals surface area (Å²) < 4.78 is 73.5. The molecule has 0 amide bonds. The van der Waals surface area contributed by atoms with Gasteiger partial charge in [0, 0.05) is 5.57 Å². The fourth-order valence-electron chi connectivity index (χ4n) is 1.09. The molecule has 0 bridgehead atoms. The molecule has 0 rings (SSSR count). The average molecular weight is 264 g/mol. The van der Waals surface area contributed by atoms with E-state index in [1.807, 2.05) is 0 Å². The predicted octanol–water partition coefficient (Wildman–Crippen LogP) is 3.19. The van der Waals surface area contributed by atoms with E-state index >= 15 is 0 Å². The molecule has 0 aliphatic heterocycles. The van der Waals surface area contributed by atoms with Gasteiger partial charge >= 0.3 is 18.1 Å². The summed E-state index contributed by atoms with van der Waals surface area (Å²) in [5.41, 5.74) is -0.627. The van der Waals surface area contributed by atoms with Gasteiger partial charge in [-0.05, 0) is 12.3 Å². The summed E-state index contributed by atoms with van der Waals surface area (Å²) in [6, 6.07) is 0. The molecule has 0 aromatic rings. The SMILES string of the molecule is C=C(CC(C)C(F)C(F)(F)C(F)(F)F)C(=O)O. The molecule has 8 heteroatoms. The first-order chi connectivity index (χ1) is 7.41. The Morgan fingerprint density at radius 1 is 1.29 bits per heavy atom. The fourth-order valence-corrected chi connectivity index (χ4v) is 1.09. The molecule has 0 heterocycles. The van der Waals surface area contributed by atoms with E-state index in [9.17, 15) is 31.1 Å². The van der Waals surface area contributed by atoms with E-state index in [4.69, 9.17) is 5.11 Å². The number of carboxylic acid groups (broad SMARTS) is 1.